The van der Waals surface area contributed by atoms with Gasteiger partial charge in [-0.1, -0.05) is 23.7 Å². The van der Waals surface area contributed by atoms with E-state index in [0.717, 1.165) is 29.4 Å². The van der Waals surface area contributed by atoms with Crippen molar-refractivity contribution in [2.24, 2.45) is 5.73 Å². The van der Waals surface area contributed by atoms with E-state index in [-0.39, 0.29) is 0 Å². The fraction of sp³-hybridized carbons (Fsp3) is 0.333. The Morgan fingerprint density at radius 1 is 1.14 bits per heavy atom. The van der Waals surface area contributed by atoms with Crippen LogP contribution in [0.1, 0.15) is 17.0 Å². The van der Waals surface area contributed by atoms with E-state index in [0.29, 0.717) is 5.95 Å². The minimum absolute atomic E-state index is 0.390. The van der Waals surface area contributed by atoms with Crippen LogP contribution < -0.4 is 16.4 Å². The van der Waals surface area contributed by atoms with Crippen molar-refractivity contribution in [2.75, 3.05) is 11.9 Å². The number of hydrogen-bond acceptors (Lipinski definition) is 5. The van der Waals surface area contributed by atoms with E-state index in [1.165, 1.54) is 5.56 Å². The Kier molecular flexibility index (Phi) is 5.50. The van der Waals surface area contributed by atoms with E-state index < -0.39 is 6.29 Å². The minimum Gasteiger partial charge on any atom is -0.326 e. The molecule has 21 heavy (non-hydrogen) atoms. The number of nitrogens with zero attached hydrogens (tertiary/aromatic N) is 2. The van der Waals surface area contributed by atoms with Gasteiger partial charge in [-0.3, -0.25) is 11.1 Å². The molecule has 0 aliphatic rings. The lowest BCUT2D eigenvalue weighted by Gasteiger charge is -2.16. The van der Waals surface area contributed by atoms with Gasteiger partial charge < -0.3 is 5.32 Å². The molecular formula is C15H20ClN5. The molecule has 6 heteroatoms. The number of aromatic nitrogens is 2. The van der Waals surface area contributed by atoms with Crippen LogP contribution in [0.4, 0.5) is 5.95 Å². The maximum Gasteiger partial charge on any atom is 0.225 e. The molecule has 0 fully saturated rings. The monoisotopic (exact) mass is 305 g/mol. The van der Waals surface area contributed by atoms with Gasteiger partial charge in [-0.15, -0.1) is 0 Å². The SMILES string of the molecule is Cc1cc(C)nc(NC(N)NCCc2ccc(Cl)cc2)n1. The predicted octanol–water partition coefficient (Wildman–Crippen LogP) is 2.23. The summed E-state index contributed by atoms with van der Waals surface area (Å²) in [5, 5.41) is 6.98. The summed E-state index contributed by atoms with van der Waals surface area (Å²) in [6.07, 6.45) is 0.485. The number of anilines is 1. The summed E-state index contributed by atoms with van der Waals surface area (Å²) in [5.41, 5.74) is 9.01. The summed E-state index contributed by atoms with van der Waals surface area (Å²) in [6.45, 7) is 4.61. The lowest BCUT2D eigenvalue weighted by molar-refractivity contribution is 0.576. The molecule has 2 aromatic rings. The number of nitrogens with two attached hydrogens (primary N) is 1. The van der Waals surface area contributed by atoms with Crippen LogP contribution in [0.25, 0.3) is 0 Å². The van der Waals surface area contributed by atoms with Crippen LogP contribution in [0.2, 0.25) is 5.02 Å². The molecule has 1 heterocycles. The smallest absolute Gasteiger partial charge is 0.225 e. The van der Waals surface area contributed by atoms with Crippen molar-refractivity contribution in [3.8, 4) is 0 Å². The van der Waals surface area contributed by atoms with Gasteiger partial charge in [0.25, 0.3) is 0 Å². The van der Waals surface area contributed by atoms with Crippen molar-refractivity contribution in [1.82, 2.24) is 15.3 Å². The van der Waals surface area contributed by atoms with Gasteiger partial charge in [-0.25, -0.2) is 9.97 Å². The van der Waals surface area contributed by atoms with Crippen LogP contribution in [0.3, 0.4) is 0 Å². The Morgan fingerprint density at radius 2 is 1.76 bits per heavy atom. The number of nitrogens with one attached hydrogen (secondary N) is 2. The quantitative estimate of drug-likeness (QED) is 0.714. The van der Waals surface area contributed by atoms with Crippen molar-refractivity contribution < 1.29 is 0 Å². The largest absolute Gasteiger partial charge is 0.326 e. The van der Waals surface area contributed by atoms with Crippen LogP contribution in [0, 0.1) is 13.8 Å². The van der Waals surface area contributed by atoms with E-state index in [1.807, 2.05) is 44.2 Å². The second-order valence-corrected chi connectivity index (χ2v) is 5.36. The van der Waals surface area contributed by atoms with E-state index >= 15 is 0 Å². The van der Waals surface area contributed by atoms with Gasteiger partial charge in [-0.05, 0) is 44.0 Å². The van der Waals surface area contributed by atoms with Gasteiger partial charge >= 0.3 is 0 Å². The molecule has 0 bridgehead atoms. The first-order chi connectivity index (χ1) is 10.0. The van der Waals surface area contributed by atoms with Crippen LogP contribution in [0.5, 0.6) is 0 Å². The number of halogens is 1. The summed E-state index contributed by atoms with van der Waals surface area (Å²) in [6, 6.07) is 9.72. The predicted molar refractivity (Wildman–Crippen MR) is 86.3 cm³/mol. The molecule has 5 nitrogen and oxygen atoms in total. The number of benzene rings is 1. The van der Waals surface area contributed by atoms with E-state index in [9.17, 15) is 0 Å². The van der Waals surface area contributed by atoms with Crippen LogP contribution >= 0.6 is 11.6 Å². The van der Waals surface area contributed by atoms with Crippen molar-refractivity contribution in [3.05, 3.63) is 52.3 Å². The molecule has 0 aliphatic carbocycles. The van der Waals surface area contributed by atoms with E-state index in [1.54, 1.807) is 0 Å². The van der Waals surface area contributed by atoms with Gasteiger partial charge in [0, 0.05) is 23.0 Å². The molecule has 0 amide bonds. The van der Waals surface area contributed by atoms with Gasteiger partial charge in [0.2, 0.25) is 5.95 Å². The molecule has 4 N–H and O–H groups in total. The highest BCUT2D eigenvalue weighted by Gasteiger charge is 2.04. The topological polar surface area (TPSA) is 75.9 Å². The molecule has 0 aliphatic heterocycles. The van der Waals surface area contributed by atoms with Crippen molar-refractivity contribution in [3.63, 3.8) is 0 Å². The molecule has 1 aromatic heterocycles. The third kappa shape index (κ3) is 5.30. The fourth-order valence-electron chi connectivity index (χ4n) is 2.00. The van der Waals surface area contributed by atoms with E-state index in [4.69, 9.17) is 17.3 Å². The first kappa shape index (κ1) is 15.7. The average molecular weight is 306 g/mol. The molecule has 0 spiro atoms. The Bertz CT molecular complexity index is 565. The van der Waals surface area contributed by atoms with Gasteiger partial charge in [0.1, 0.15) is 6.29 Å². The normalized spacial score (nSPS) is 12.2. The Morgan fingerprint density at radius 3 is 2.38 bits per heavy atom. The summed E-state index contributed by atoms with van der Waals surface area (Å²) in [7, 11) is 0. The summed E-state index contributed by atoms with van der Waals surface area (Å²) >= 11 is 5.85. The number of rotatable bonds is 6. The lowest BCUT2D eigenvalue weighted by Crippen LogP contribution is -2.45. The molecule has 2 rings (SSSR count). The summed E-state index contributed by atoms with van der Waals surface area (Å²) in [4.78, 5) is 8.59. The van der Waals surface area contributed by atoms with Crippen LogP contribution in [-0.4, -0.2) is 22.8 Å². The lowest BCUT2D eigenvalue weighted by atomic mass is 10.1. The van der Waals surface area contributed by atoms with Crippen LogP contribution in [-0.2, 0) is 6.42 Å². The second-order valence-electron chi connectivity index (χ2n) is 4.93. The minimum atomic E-state index is -0.390. The fourth-order valence-corrected chi connectivity index (χ4v) is 2.13. The van der Waals surface area contributed by atoms with Gasteiger partial charge in [0.15, 0.2) is 0 Å². The summed E-state index contributed by atoms with van der Waals surface area (Å²) < 4.78 is 0. The standard InChI is InChI=1S/C15H20ClN5/c1-10-9-11(2)20-15(19-10)21-14(17)18-8-7-12-3-5-13(16)6-4-12/h3-6,9,14,18H,7-8,17H2,1-2H3,(H,19,20,21). The summed E-state index contributed by atoms with van der Waals surface area (Å²) in [5.74, 6) is 0.541. The Balaban J connectivity index is 1.79. The van der Waals surface area contributed by atoms with Gasteiger partial charge in [-0.2, -0.15) is 0 Å². The molecule has 1 aromatic carbocycles. The molecule has 0 radical (unpaired) electrons. The van der Waals surface area contributed by atoms with Gasteiger partial charge in [0.05, 0.1) is 0 Å². The average Bonchev–Trinajstić information content (AvgIpc) is 2.39. The first-order valence-corrected chi connectivity index (χ1v) is 7.23. The molecule has 112 valence electrons. The maximum absolute atomic E-state index is 5.97. The maximum atomic E-state index is 5.97. The first-order valence-electron chi connectivity index (χ1n) is 6.85. The van der Waals surface area contributed by atoms with Crippen LogP contribution in [0.15, 0.2) is 30.3 Å². The Hall–Kier alpha value is -1.69. The molecule has 0 saturated carbocycles. The zero-order valence-corrected chi connectivity index (χ0v) is 13.0. The van der Waals surface area contributed by atoms with Crippen molar-refractivity contribution in [1.29, 1.82) is 0 Å². The zero-order chi connectivity index (χ0) is 15.2. The molecular weight excluding hydrogens is 286 g/mol. The second kappa shape index (κ2) is 7.36. The zero-order valence-electron chi connectivity index (χ0n) is 12.2. The number of hydrogen-bond donors (Lipinski definition) is 3. The highest BCUT2D eigenvalue weighted by Crippen LogP contribution is 2.09. The van der Waals surface area contributed by atoms with Crippen molar-refractivity contribution in [2.45, 2.75) is 26.6 Å². The number of aryl methyl sites for hydroxylation is 2. The Labute approximate surface area is 129 Å². The highest BCUT2D eigenvalue weighted by atomic mass is 35.5. The van der Waals surface area contributed by atoms with E-state index in [2.05, 4.69) is 20.6 Å². The van der Waals surface area contributed by atoms with Crippen molar-refractivity contribution >= 4 is 17.5 Å². The third-order valence-electron chi connectivity index (χ3n) is 2.96. The highest BCUT2D eigenvalue weighted by molar-refractivity contribution is 6.30. The third-order valence-corrected chi connectivity index (χ3v) is 3.21. The molecule has 1 atom stereocenters. The molecule has 0 saturated heterocycles. The molecule has 1 unspecified atom stereocenters.